The highest BCUT2D eigenvalue weighted by Gasteiger charge is 2.57. The highest BCUT2D eigenvalue weighted by molar-refractivity contribution is 5.82. The highest BCUT2D eigenvalue weighted by Crippen LogP contribution is 2.61. The van der Waals surface area contributed by atoms with Crippen LogP contribution in [0.4, 0.5) is 0 Å². The fourth-order valence-corrected chi connectivity index (χ4v) is 4.77. The average molecular weight is 266 g/mol. The van der Waals surface area contributed by atoms with E-state index in [0.29, 0.717) is 5.78 Å². The molecule has 0 bridgehead atoms. The van der Waals surface area contributed by atoms with Crippen LogP contribution in [-0.4, -0.2) is 24.8 Å². The Morgan fingerprint density at radius 1 is 1.00 bits per heavy atom. The highest BCUT2D eigenvalue weighted by atomic mass is 16.7. The third-order valence-electron chi connectivity index (χ3n) is 6.37. The van der Waals surface area contributed by atoms with Gasteiger partial charge in [-0.1, -0.05) is 20.8 Å². The van der Waals surface area contributed by atoms with Gasteiger partial charge in [0.05, 0.1) is 13.2 Å². The van der Waals surface area contributed by atoms with E-state index in [1.807, 2.05) is 0 Å². The lowest BCUT2D eigenvalue weighted by molar-refractivity contribution is -0.213. The topological polar surface area (TPSA) is 35.5 Å². The molecular weight excluding hydrogens is 240 g/mol. The van der Waals surface area contributed by atoms with Crippen molar-refractivity contribution in [1.29, 1.82) is 0 Å². The van der Waals surface area contributed by atoms with Gasteiger partial charge in [-0.25, -0.2) is 0 Å². The number of carbonyl (C=O) groups is 1. The zero-order valence-corrected chi connectivity index (χ0v) is 12.5. The molecule has 3 heteroatoms. The summed E-state index contributed by atoms with van der Waals surface area (Å²) in [6.07, 6.45) is 5.82. The monoisotopic (exact) mass is 266 g/mol. The van der Waals surface area contributed by atoms with Gasteiger partial charge in [-0.2, -0.15) is 0 Å². The number of Topliss-reactive ketones (excluding diaryl/α,β-unsaturated/α-hetero) is 1. The summed E-state index contributed by atoms with van der Waals surface area (Å²) >= 11 is 0. The first-order valence-corrected chi connectivity index (χ1v) is 7.72. The maximum atomic E-state index is 12.2. The molecule has 0 N–H and O–H groups in total. The summed E-state index contributed by atoms with van der Waals surface area (Å²) < 4.78 is 11.7. The molecule has 2 aliphatic carbocycles. The number of ketones is 1. The van der Waals surface area contributed by atoms with Crippen LogP contribution in [-0.2, 0) is 14.3 Å². The van der Waals surface area contributed by atoms with Gasteiger partial charge in [0.25, 0.3) is 0 Å². The Morgan fingerprint density at radius 3 is 2.16 bits per heavy atom. The zero-order chi connectivity index (χ0) is 13.7. The Morgan fingerprint density at radius 2 is 1.58 bits per heavy atom. The molecule has 3 rings (SSSR count). The summed E-state index contributed by atoms with van der Waals surface area (Å²) in [7, 11) is 0. The van der Waals surface area contributed by atoms with Crippen molar-refractivity contribution < 1.29 is 14.3 Å². The minimum absolute atomic E-state index is 0.156. The molecule has 0 aromatic rings. The van der Waals surface area contributed by atoms with Gasteiger partial charge in [-0.05, 0) is 30.1 Å². The van der Waals surface area contributed by atoms with Gasteiger partial charge in [0.2, 0.25) is 0 Å². The second kappa shape index (κ2) is 4.29. The predicted molar refractivity (Wildman–Crippen MR) is 72.7 cm³/mol. The fourth-order valence-electron chi connectivity index (χ4n) is 4.77. The molecule has 2 saturated carbocycles. The van der Waals surface area contributed by atoms with E-state index in [1.165, 1.54) is 0 Å². The van der Waals surface area contributed by atoms with Gasteiger partial charge in [-0.15, -0.1) is 0 Å². The van der Waals surface area contributed by atoms with Crippen LogP contribution in [0, 0.1) is 16.7 Å². The van der Waals surface area contributed by atoms with E-state index in [2.05, 4.69) is 20.8 Å². The third-order valence-corrected chi connectivity index (χ3v) is 6.37. The molecule has 2 spiro atoms. The van der Waals surface area contributed by atoms with Crippen LogP contribution >= 0.6 is 0 Å². The first-order chi connectivity index (χ1) is 8.91. The van der Waals surface area contributed by atoms with E-state index in [1.54, 1.807) is 0 Å². The van der Waals surface area contributed by atoms with Gasteiger partial charge >= 0.3 is 0 Å². The average Bonchev–Trinajstić information content (AvgIpc) is 2.83. The summed E-state index contributed by atoms with van der Waals surface area (Å²) in [5.41, 5.74) is 0.406. The van der Waals surface area contributed by atoms with Gasteiger partial charge in [0.1, 0.15) is 5.78 Å². The Hall–Kier alpha value is -0.410. The van der Waals surface area contributed by atoms with Crippen molar-refractivity contribution >= 4 is 5.78 Å². The van der Waals surface area contributed by atoms with Crippen LogP contribution in [0.25, 0.3) is 0 Å². The van der Waals surface area contributed by atoms with E-state index >= 15 is 0 Å². The maximum Gasteiger partial charge on any atom is 0.168 e. The zero-order valence-electron chi connectivity index (χ0n) is 12.5. The molecule has 0 aromatic carbocycles. The largest absolute Gasteiger partial charge is 0.348 e. The lowest BCUT2D eigenvalue weighted by Crippen LogP contribution is -2.54. The van der Waals surface area contributed by atoms with Crippen molar-refractivity contribution in [3.63, 3.8) is 0 Å². The summed E-state index contributed by atoms with van der Waals surface area (Å²) in [6, 6.07) is 0. The number of hydrogen-bond donors (Lipinski definition) is 0. The molecule has 3 fully saturated rings. The van der Waals surface area contributed by atoms with Crippen molar-refractivity contribution in [2.45, 2.75) is 65.1 Å². The lowest BCUT2D eigenvalue weighted by Gasteiger charge is -2.57. The van der Waals surface area contributed by atoms with Crippen LogP contribution in [0.2, 0.25) is 0 Å². The van der Waals surface area contributed by atoms with Gasteiger partial charge in [0.15, 0.2) is 5.79 Å². The first-order valence-electron chi connectivity index (χ1n) is 7.72. The lowest BCUT2D eigenvalue weighted by atomic mass is 9.48. The first kappa shape index (κ1) is 13.6. The molecule has 1 atom stereocenters. The van der Waals surface area contributed by atoms with E-state index in [4.69, 9.17) is 9.47 Å². The van der Waals surface area contributed by atoms with Crippen LogP contribution < -0.4 is 0 Å². The number of carbonyl (C=O) groups excluding carboxylic acids is 1. The summed E-state index contributed by atoms with van der Waals surface area (Å²) in [6.45, 7) is 8.31. The summed E-state index contributed by atoms with van der Waals surface area (Å²) in [4.78, 5) is 12.2. The fraction of sp³-hybridized carbons (Fsp3) is 0.938. The molecule has 1 heterocycles. The second-order valence-corrected chi connectivity index (χ2v) is 7.34. The van der Waals surface area contributed by atoms with E-state index in [0.717, 1.165) is 51.7 Å². The van der Waals surface area contributed by atoms with E-state index < -0.39 is 0 Å². The Labute approximate surface area is 116 Å². The van der Waals surface area contributed by atoms with Crippen LogP contribution in [0.15, 0.2) is 0 Å². The Balaban J connectivity index is 1.84. The summed E-state index contributed by atoms with van der Waals surface area (Å²) in [5.74, 6) is 0.334. The van der Waals surface area contributed by atoms with Crippen molar-refractivity contribution in [3.8, 4) is 0 Å². The van der Waals surface area contributed by atoms with Crippen molar-refractivity contribution in [2.75, 3.05) is 13.2 Å². The number of rotatable bonds is 0. The molecule has 3 aliphatic rings. The molecule has 0 aromatic heterocycles. The molecule has 1 saturated heterocycles. The van der Waals surface area contributed by atoms with Crippen molar-refractivity contribution in [3.05, 3.63) is 0 Å². The maximum absolute atomic E-state index is 12.2. The standard InChI is InChI=1S/C16H26O3/c1-12-13(17)4-5-14(2,3)15(12)6-8-16(9-7-15)18-10-11-19-16/h12H,4-11H2,1-3H3. The van der Waals surface area contributed by atoms with Gasteiger partial charge < -0.3 is 9.47 Å². The van der Waals surface area contributed by atoms with Crippen LogP contribution in [0.3, 0.4) is 0 Å². The Bertz CT molecular complexity index is 369. The normalized spacial score (nSPS) is 35.9. The molecule has 1 aliphatic heterocycles. The predicted octanol–water partition coefficient (Wildman–Crippen LogP) is 3.32. The van der Waals surface area contributed by atoms with E-state index in [-0.39, 0.29) is 22.5 Å². The molecule has 0 amide bonds. The molecule has 3 nitrogen and oxygen atoms in total. The van der Waals surface area contributed by atoms with Gasteiger partial charge in [-0.3, -0.25) is 4.79 Å². The quantitative estimate of drug-likeness (QED) is 0.674. The van der Waals surface area contributed by atoms with Gasteiger partial charge in [0, 0.05) is 25.2 Å². The molecular formula is C16H26O3. The van der Waals surface area contributed by atoms with Crippen molar-refractivity contribution in [2.24, 2.45) is 16.7 Å². The third kappa shape index (κ3) is 1.89. The molecule has 19 heavy (non-hydrogen) atoms. The minimum Gasteiger partial charge on any atom is -0.348 e. The number of hydrogen-bond acceptors (Lipinski definition) is 3. The Kier molecular flexibility index (Phi) is 3.06. The van der Waals surface area contributed by atoms with Crippen LogP contribution in [0.1, 0.15) is 59.3 Å². The molecule has 108 valence electrons. The summed E-state index contributed by atoms with van der Waals surface area (Å²) in [5, 5.41) is 0. The van der Waals surface area contributed by atoms with Crippen LogP contribution in [0.5, 0.6) is 0 Å². The van der Waals surface area contributed by atoms with E-state index in [9.17, 15) is 4.79 Å². The SMILES string of the molecule is CC1C(=O)CCC(C)(C)C12CCC1(CC2)OCCO1. The molecule has 0 radical (unpaired) electrons. The molecule has 1 unspecified atom stereocenters. The number of ether oxygens (including phenoxy) is 2. The van der Waals surface area contributed by atoms with Crippen molar-refractivity contribution in [1.82, 2.24) is 0 Å². The minimum atomic E-state index is -0.318. The smallest absolute Gasteiger partial charge is 0.168 e. The second-order valence-electron chi connectivity index (χ2n) is 7.34.